The van der Waals surface area contributed by atoms with Crippen LogP contribution in [0.15, 0.2) is 4.99 Å². The number of aliphatic imine (C=N–C) groups is 1. The van der Waals surface area contributed by atoms with Crippen LogP contribution >= 0.6 is 24.0 Å². The average molecular weight is 504 g/mol. The lowest BCUT2D eigenvalue weighted by molar-refractivity contribution is -0.125. The number of rotatable bonds is 4. The highest BCUT2D eigenvalue weighted by Gasteiger charge is 2.48. The van der Waals surface area contributed by atoms with Gasteiger partial charge in [-0.15, -0.1) is 24.0 Å². The quantitative estimate of drug-likeness (QED) is 0.230. The van der Waals surface area contributed by atoms with E-state index in [1.807, 2.05) is 14.0 Å². The molecule has 0 aromatic rings. The fraction of sp³-hybridized carbons (Fsp3) is 0.842. The van der Waals surface area contributed by atoms with Crippen molar-refractivity contribution in [1.29, 1.82) is 0 Å². The van der Waals surface area contributed by atoms with Crippen LogP contribution in [0.1, 0.15) is 39.0 Å². The molecule has 3 N–H and O–H groups in total. The van der Waals surface area contributed by atoms with Crippen LogP contribution < -0.4 is 16.0 Å². The first-order valence-corrected chi connectivity index (χ1v) is 10.3. The lowest BCUT2D eigenvalue weighted by Gasteiger charge is -2.39. The van der Waals surface area contributed by atoms with Crippen molar-refractivity contribution in [3.8, 4) is 0 Å². The molecule has 4 aliphatic rings. The van der Waals surface area contributed by atoms with Crippen LogP contribution in [0.4, 0.5) is 4.79 Å². The van der Waals surface area contributed by atoms with Gasteiger partial charge in [-0.1, -0.05) is 0 Å². The molecule has 28 heavy (non-hydrogen) atoms. The van der Waals surface area contributed by atoms with E-state index in [0.29, 0.717) is 5.92 Å². The van der Waals surface area contributed by atoms with Crippen LogP contribution in [0.3, 0.4) is 0 Å². The van der Waals surface area contributed by atoms with Gasteiger partial charge in [0.15, 0.2) is 5.96 Å². The van der Waals surface area contributed by atoms with E-state index < -0.39 is 5.54 Å². The summed E-state index contributed by atoms with van der Waals surface area (Å²) >= 11 is 0. The Morgan fingerprint density at radius 1 is 1.18 bits per heavy atom. The maximum Gasteiger partial charge on any atom is 0.322 e. The monoisotopic (exact) mass is 504 g/mol. The zero-order chi connectivity index (χ0) is 19.0. The minimum atomic E-state index is -0.782. The zero-order valence-corrected chi connectivity index (χ0v) is 19.2. The number of guanidine groups is 1. The summed E-state index contributed by atoms with van der Waals surface area (Å²) in [6, 6.07) is 0.488. The van der Waals surface area contributed by atoms with E-state index in [2.05, 4.69) is 30.7 Å². The first-order chi connectivity index (χ1) is 13.0. The molecule has 1 saturated carbocycles. The third-order valence-electron chi connectivity index (χ3n) is 6.82. The van der Waals surface area contributed by atoms with Crippen molar-refractivity contribution in [2.24, 2.45) is 16.8 Å². The maximum atomic E-state index is 12.2. The van der Waals surface area contributed by atoms with E-state index in [-0.39, 0.29) is 41.8 Å². The summed E-state index contributed by atoms with van der Waals surface area (Å²) in [6.45, 7) is 6.97. The number of carbonyl (C=O) groups excluding carboxylic acids is 2. The average Bonchev–Trinajstić information content (AvgIpc) is 3.34. The molecule has 3 amide bonds. The summed E-state index contributed by atoms with van der Waals surface area (Å²) in [7, 11) is 1.84. The molecule has 0 aromatic heterocycles. The summed E-state index contributed by atoms with van der Waals surface area (Å²) in [4.78, 5) is 33.1. The van der Waals surface area contributed by atoms with Gasteiger partial charge < -0.3 is 20.4 Å². The topological polar surface area (TPSA) is 89.1 Å². The lowest BCUT2D eigenvalue weighted by Crippen LogP contribution is -2.55. The minimum absolute atomic E-state index is 0. The predicted octanol–water partition coefficient (Wildman–Crippen LogP) is 0.974. The van der Waals surface area contributed by atoms with Gasteiger partial charge in [0.2, 0.25) is 0 Å². The van der Waals surface area contributed by atoms with Gasteiger partial charge in [0.25, 0.3) is 5.91 Å². The van der Waals surface area contributed by atoms with Gasteiger partial charge in [0, 0.05) is 39.3 Å². The molecule has 2 unspecified atom stereocenters. The van der Waals surface area contributed by atoms with Gasteiger partial charge in [-0.05, 0) is 57.4 Å². The number of hydrogen-bond donors (Lipinski definition) is 3. The fourth-order valence-corrected chi connectivity index (χ4v) is 4.88. The first-order valence-electron chi connectivity index (χ1n) is 10.3. The van der Waals surface area contributed by atoms with Crippen LogP contribution in [-0.2, 0) is 4.79 Å². The summed E-state index contributed by atoms with van der Waals surface area (Å²) in [5.74, 6) is 1.62. The molecule has 3 heterocycles. The number of urea groups is 1. The second-order valence-electron chi connectivity index (χ2n) is 8.68. The van der Waals surface area contributed by atoms with Gasteiger partial charge in [-0.25, -0.2) is 4.79 Å². The smallest absolute Gasteiger partial charge is 0.322 e. The largest absolute Gasteiger partial charge is 0.356 e. The molecule has 0 aromatic carbocycles. The number of piperidine rings is 1. The highest BCUT2D eigenvalue weighted by atomic mass is 127. The second kappa shape index (κ2) is 8.73. The molecule has 3 aliphatic heterocycles. The van der Waals surface area contributed by atoms with Gasteiger partial charge >= 0.3 is 6.03 Å². The van der Waals surface area contributed by atoms with Crippen molar-refractivity contribution < 1.29 is 9.59 Å². The van der Waals surface area contributed by atoms with Crippen molar-refractivity contribution in [3.63, 3.8) is 0 Å². The second-order valence-corrected chi connectivity index (χ2v) is 8.68. The summed E-state index contributed by atoms with van der Waals surface area (Å²) in [5, 5.41) is 8.77. The standard InChI is InChI=1S/C19H32N6O2.HI/c1-19(16(26)22-18(27)23-19)14-6-9-24(10-7-14)17(20-2)21-11-13-5-8-25(12-13)15-3-4-15;/h13-15H,3-12H2,1-2H3,(H,20,21)(H2,22,23,26,27);1H. The number of halogens is 1. The molecule has 2 atom stereocenters. The third kappa shape index (κ3) is 4.39. The normalized spacial score (nSPS) is 32.1. The summed E-state index contributed by atoms with van der Waals surface area (Å²) < 4.78 is 0. The third-order valence-corrected chi connectivity index (χ3v) is 6.82. The Morgan fingerprint density at radius 3 is 2.46 bits per heavy atom. The SMILES string of the molecule is CN=C(NCC1CCN(C2CC2)C1)N1CCC(C2(C)NC(=O)NC2=O)CC1.I. The minimum Gasteiger partial charge on any atom is -0.356 e. The molecule has 0 radical (unpaired) electrons. The Hall–Kier alpha value is -1.10. The van der Waals surface area contributed by atoms with Gasteiger partial charge in [0.05, 0.1) is 0 Å². The number of imide groups is 1. The van der Waals surface area contributed by atoms with Crippen LogP contribution in [-0.4, -0.2) is 79.0 Å². The highest BCUT2D eigenvalue weighted by Crippen LogP contribution is 2.32. The fourth-order valence-electron chi connectivity index (χ4n) is 4.88. The summed E-state index contributed by atoms with van der Waals surface area (Å²) in [5.41, 5.74) is -0.782. The van der Waals surface area contributed by atoms with Crippen molar-refractivity contribution in [3.05, 3.63) is 0 Å². The number of nitrogens with one attached hydrogen (secondary N) is 3. The van der Waals surface area contributed by atoms with E-state index in [1.54, 1.807) is 0 Å². The lowest BCUT2D eigenvalue weighted by atomic mass is 9.79. The van der Waals surface area contributed by atoms with Crippen molar-refractivity contribution in [2.75, 3.05) is 39.8 Å². The number of nitrogens with zero attached hydrogens (tertiary/aromatic N) is 3. The molecule has 1 aliphatic carbocycles. The van der Waals surface area contributed by atoms with Gasteiger partial charge in [0.1, 0.15) is 5.54 Å². The Bertz CT molecular complexity index is 632. The van der Waals surface area contributed by atoms with Gasteiger partial charge in [-0.2, -0.15) is 0 Å². The van der Waals surface area contributed by atoms with Gasteiger partial charge in [-0.3, -0.25) is 15.1 Å². The maximum absolute atomic E-state index is 12.2. The van der Waals surface area contributed by atoms with E-state index in [0.717, 1.165) is 44.5 Å². The van der Waals surface area contributed by atoms with Crippen molar-refractivity contribution in [2.45, 2.75) is 50.6 Å². The molecule has 4 fully saturated rings. The van der Waals surface area contributed by atoms with E-state index in [1.165, 1.54) is 32.4 Å². The Labute approximate surface area is 184 Å². The number of hydrogen-bond acceptors (Lipinski definition) is 4. The predicted molar refractivity (Wildman–Crippen MR) is 119 cm³/mol. The molecule has 0 spiro atoms. The number of carbonyl (C=O) groups is 2. The van der Waals surface area contributed by atoms with Crippen LogP contribution in [0.2, 0.25) is 0 Å². The van der Waals surface area contributed by atoms with Crippen LogP contribution in [0, 0.1) is 11.8 Å². The molecule has 4 rings (SSSR count). The first kappa shape index (κ1) is 21.6. The Morgan fingerprint density at radius 2 is 1.89 bits per heavy atom. The highest BCUT2D eigenvalue weighted by molar-refractivity contribution is 14.0. The Kier molecular flexibility index (Phi) is 6.73. The van der Waals surface area contributed by atoms with E-state index in [4.69, 9.17) is 0 Å². The molecule has 9 heteroatoms. The zero-order valence-electron chi connectivity index (χ0n) is 16.9. The molecular weight excluding hydrogens is 471 g/mol. The molecule has 3 saturated heterocycles. The van der Waals surface area contributed by atoms with E-state index in [9.17, 15) is 9.59 Å². The van der Waals surface area contributed by atoms with Crippen molar-refractivity contribution in [1.82, 2.24) is 25.8 Å². The summed E-state index contributed by atoms with van der Waals surface area (Å²) in [6.07, 6.45) is 5.77. The van der Waals surface area contributed by atoms with Crippen LogP contribution in [0.5, 0.6) is 0 Å². The van der Waals surface area contributed by atoms with Crippen molar-refractivity contribution >= 4 is 41.9 Å². The van der Waals surface area contributed by atoms with E-state index >= 15 is 0 Å². The van der Waals surface area contributed by atoms with Crippen LogP contribution in [0.25, 0.3) is 0 Å². The molecule has 8 nitrogen and oxygen atoms in total. The number of likely N-dealkylation sites (tertiary alicyclic amines) is 2. The number of amides is 3. The molecular formula is C19H33IN6O2. The molecule has 158 valence electrons. The Balaban J connectivity index is 0.00000225. The molecule has 0 bridgehead atoms.